The second-order valence-electron chi connectivity index (χ2n) is 8.00. The average molecular weight is 479 g/mol. The Labute approximate surface area is 198 Å². The molecule has 31 heavy (non-hydrogen) atoms. The van der Waals surface area contributed by atoms with Crippen molar-refractivity contribution in [2.45, 2.75) is 43.6 Å². The van der Waals surface area contributed by atoms with Gasteiger partial charge in [-0.3, -0.25) is 9.59 Å². The van der Waals surface area contributed by atoms with E-state index in [1.165, 1.54) is 11.6 Å². The van der Waals surface area contributed by atoms with Crippen molar-refractivity contribution >= 4 is 46.8 Å². The third-order valence-corrected chi connectivity index (χ3v) is 7.15. The van der Waals surface area contributed by atoms with Gasteiger partial charge < -0.3 is 10.6 Å². The molecule has 0 saturated heterocycles. The highest BCUT2D eigenvalue weighted by Gasteiger charge is 2.36. The summed E-state index contributed by atoms with van der Waals surface area (Å²) in [6.45, 7) is 0.573. The first-order valence-corrected chi connectivity index (χ1v) is 12.7. The van der Waals surface area contributed by atoms with Crippen LogP contribution in [-0.4, -0.2) is 36.4 Å². The number of hydrogen-bond donors (Lipinski definition) is 2. The van der Waals surface area contributed by atoms with Crippen LogP contribution >= 0.6 is 35.0 Å². The molecule has 2 aromatic carbocycles. The van der Waals surface area contributed by atoms with Crippen LogP contribution in [0.3, 0.4) is 0 Å². The Bertz CT molecular complexity index is 902. The van der Waals surface area contributed by atoms with Crippen molar-refractivity contribution in [2.75, 3.05) is 18.6 Å². The molecule has 7 heteroatoms. The Morgan fingerprint density at radius 1 is 1.10 bits per heavy atom. The zero-order chi connectivity index (χ0) is 22.3. The highest BCUT2D eigenvalue weighted by molar-refractivity contribution is 7.98. The van der Waals surface area contributed by atoms with Crippen LogP contribution in [-0.2, 0) is 10.2 Å². The summed E-state index contributed by atoms with van der Waals surface area (Å²) in [6.07, 6.45) is 6.95. The number of hydrogen-bond acceptors (Lipinski definition) is 3. The summed E-state index contributed by atoms with van der Waals surface area (Å²) < 4.78 is 0. The van der Waals surface area contributed by atoms with Crippen molar-refractivity contribution in [2.24, 2.45) is 0 Å². The Hall–Kier alpha value is -1.69. The Morgan fingerprint density at radius 2 is 1.81 bits per heavy atom. The molecule has 4 nitrogen and oxygen atoms in total. The number of thioether (sulfide) groups is 1. The molecule has 1 aliphatic rings. The van der Waals surface area contributed by atoms with Gasteiger partial charge in [-0.05, 0) is 55.0 Å². The second kappa shape index (κ2) is 11.3. The summed E-state index contributed by atoms with van der Waals surface area (Å²) in [7, 11) is 0. The summed E-state index contributed by atoms with van der Waals surface area (Å²) in [4.78, 5) is 25.9. The molecule has 2 aromatic rings. The maximum absolute atomic E-state index is 13.1. The molecule has 1 saturated carbocycles. The van der Waals surface area contributed by atoms with E-state index in [1.807, 2.05) is 12.3 Å². The fourth-order valence-electron chi connectivity index (χ4n) is 4.20. The average Bonchev–Trinajstić information content (AvgIpc) is 3.25. The van der Waals surface area contributed by atoms with Gasteiger partial charge in [-0.1, -0.05) is 66.4 Å². The number of benzene rings is 2. The smallest absolute Gasteiger partial charge is 0.253 e. The maximum atomic E-state index is 13.1. The summed E-state index contributed by atoms with van der Waals surface area (Å²) in [5.74, 6) is 0.229. The summed E-state index contributed by atoms with van der Waals surface area (Å²) in [5.41, 5.74) is 1.54. The van der Waals surface area contributed by atoms with Crippen LogP contribution in [0.4, 0.5) is 0 Å². The predicted molar refractivity (Wildman–Crippen MR) is 130 cm³/mol. The van der Waals surface area contributed by atoms with Crippen LogP contribution < -0.4 is 10.6 Å². The molecule has 1 aliphatic carbocycles. The highest BCUT2D eigenvalue weighted by atomic mass is 35.5. The molecule has 0 heterocycles. The van der Waals surface area contributed by atoms with Gasteiger partial charge in [0, 0.05) is 17.0 Å². The molecule has 3 rings (SSSR count). The van der Waals surface area contributed by atoms with Crippen molar-refractivity contribution in [1.82, 2.24) is 10.6 Å². The van der Waals surface area contributed by atoms with Gasteiger partial charge in [0.15, 0.2) is 0 Å². The Balaban J connectivity index is 1.70. The molecule has 166 valence electrons. The van der Waals surface area contributed by atoms with Gasteiger partial charge in [0.1, 0.15) is 6.04 Å². The van der Waals surface area contributed by atoms with E-state index < -0.39 is 6.04 Å². The van der Waals surface area contributed by atoms with E-state index in [9.17, 15) is 9.59 Å². The molecular weight excluding hydrogens is 451 g/mol. The number of nitrogens with one attached hydrogen (secondary N) is 2. The van der Waals surface area contributed by atoms with Gasteiger partial charge in [-0.25, -0.2) is 0 Å². The number of rotatable bonds is 9. The number of amides is 2. The monoisotopic (exact) mass is 478 g/mol. The van der Waals surface area contributed by atoms with Gasteiger partial charge in [0.2, 0.25) is 5.91 Å². The van der Waals surface area contributed by atoms with Crippen molar-refractivity contribution in [1.29, 1.82) is 0 Å². The summed E-state index contributed by atoms with van der Waals surface area (Å²) in [6, 6.07) is 14.5. The van der Waals surface area contributed by atoms with Crippen LogP contribution in [0.5, 0.6) is 0 Å². The minimum absolute atomic E-state index is 0.0372. The first-order valence-electron chi connectivity index (χ1n) is 10.5. The van der Waals surface area contributed by atoms with Crippen molar-refractivity contribution in [3.8, 4) is 0 Å². The molecule has 2 amide bonds. The van der Waals surface area contributed by atoms with Crippen molar-refractivity contribution in [3.63, 3.8) is 0 Å². The van der Waals surface area contributed by atoms with Crippen LogP contribution in [0.15, 0.2) is 48.5 Å². The lowest BCUT2D eigenvalue weighted by molar-refractivity contribution is -0.123. The standard InChI is InChI=1S/C24H28Cl2N2O2S/c1-31-14-11-21(28-22(29)19-10-9-18(25)15-20(19)26)23(30)27-16-24(12-5-6-13-24)17-7-3-2-4-8-17/h2-4,7-10,15,21H,5-6,11-14,16H2,1H3,(H,27,30)(H,28,29). The molecule has 0 aromatic heterocycles. The van der Waals surface area contributed by atoms with Gasteiger partial charge in [0.05, 0.1) is 10.6 Å². The largest absolute Gasteiger partial charge is 0.353 e. The van der Waals surface area contributed by atoms with Crippen molar-refractivity contribution < 1.29 is 9.59 Å². The van der Waals surface area contributed by atoms with Gasteiger partial charge in [-0.15, -0.1) is 0 Å². The fraction of sp³-hybridized carbons (Fsp3) is 0.417. The molecule has 0 spiro atoms. The predicted octanol–water partition coefficient (Wildman–Crippen LogP) is 5.47. The molecule has 0 radical (unpaired) electrons. The molecule has 1 unspecified atom stereocenters. The van der Waals surface area contributed by atoms with E-state index in [-0.39, 0.29) is 22.3 Å². The Kier molecular flexibility index (Phi) is 8.70. The molecule has 1 fully saturated rings. The first kappa shape index (κ1) is 24.0. The minimum Gasteiger partial charge on any atom is -0.353 e. The van der Waals surface area contributed by atoms with Gasteiger partial charge in [-0.2, -0.15) is 11.8 Å². The molecule has 2 N–H and O–H groups in total. The fourth-order valence-corrected chi connectivity index (χ4v) is 5.17. The van der Waals surface area contributed by atoms with E-state index >= 15 is 0 Å². The molecule has 0 bridgehead atoms. The second-order valence-corrected chi connectivity index (χ2v) is 9.83. The number of carbonyl (C=O) groups excluding carboxylic acids is 2. The van der Waals surface area contributed by atoms with E-state index in [1.54, 1.807) is 23.9 Å². The lowest BCUT2D eigenvalue weighted by Crippen LogP contribution is -2.50. The zero-order valence-corrected chi connectivity index (χ0v) is 20.0. The molecular formula is C24H28Cl2N2O2S. The first-order chi connectivity index (χ1) is 14.9. The van der Waals surface area contributed by atoms with Crippen LogP contribution in [0.25, 0.3) is 0 Å². The minimum atomic E-state index is -0.624. The topological polar surface area (TPSA) is 58.2 Å². The van der Waals surface area contributed by atoms with Crippen molar-refractivity contribution in [3.05, 3.63) is 69.7 Å². The summed E-state index contributed by atoms with van der Waals surface area (Å²) >= 11 is 13.7. The lowest BCUT2D eigenvalue weighted by atomic mass is 9.79. The molecule has 0 aliphatic heterocycles. The Morgan fingerprint density at radius 3 is 2.45 bits per heavy atom. The van der Waals surface area contributed by atoms with E-state index in [0.29, 0.717) is 23.6 Å². The van der Waals surface area contributed by atoms with Crippen LogP contribution in [0.2, 0.25) is 10.0 Å². The normalized spacial score (nSPS) is 16.0. The van der Waals surface area contributed by atoms with E-state index in [4.69, 9.17) is 23.2 Å². The zero-order valence-electron chi connectivity index (χ0n) is 17.6. The maximum Gasteiger partial charge on any atom is 0.253 e. The number of halogens is 2. The van der Waals surface area contributed by atoms with Gasteiger partial charge in [0.25, 0.3) is 5.91 Å². The highest BCUT2D eigenvalue weighted by Crippen LogP contribution is 2.40. The third-order valence-electron chi connectivity index (χ3n) is 5.96. The molecule has 1 atom stereocenters. The summed E-state index contributed by atoms with van der Waals surface area (Å²) in [5, 5.41) is 6.73. The van der Waals surface area contributed by atoms with E-state index in [0.717, 1.165) is 31.4 Å². The quantitative estimate of drug-likeness (QED) is 0.501. The van der Waals surface area contributed by atoms with E-state index in [2.05, 4.69) is 34.9 Å². The van der Waals surface area contributed by atoms with Crippen LogP contribution in [0.1, 0.15) is 48.0 Å². The lowest BCUT2D eigenvalue weighted by Gasteiger charge is -2.31. The number of carbonyl (C=O) groups is 2. The SMILES string of the molecule is CSCCC(NC(=O)c1ccc(Cl)cc1Cl)C(=O)NCC1(c2ccccc2)CCCC1. The van der Waals surface area contributed by atoms with Crippen LogP contribution in [0, 0.1) is 0 Å². The van der Waals surface area contributed by atoms with Gasteiger partial charge >= 0.3 is 0 Å². The third kappa shape index (κ3) is 6.18.